The molecule has 2 saturated carbocycles. The van der Waals surface area contributed by atoms with Crippen LogP contribution in [0.25, 0.3) is 0 Å². The van der Waals surface area contributed by atoms with Gasteiger partial charge in [-0.2, -0.15) is 0 Å². The highest BCUT2D eigenvalue weighted by molar-refractivity contribution is 9.10. The Hall–Kier alpha value is -0.830. The number of carbonyl (C=O) groups is 1. The van der Waals surface area contributed by atoms with E-state index in [1.165, 1.54) is 25.7 Å². The Morgan fingerprint density at radius 3 is 2.84 bits per heavy atom. The van der Waals surface area contributed by atoms with Gasteiger partial charge < -0.3 is 5.32 Å². The molecule has 2 aliphatic rings. The van der Waals surface area contributed by atoms with Gasteiger partial charge in [0.15, 0.2) is 0 Å². The lowest BCUT2D eigenvalue weighted by atomic mass is 9.89. The Morgan fingerprint density at radius 1 is 1.37 bits per heavy atom. The number of halogens is 1. The second-order valence-corrected chi connectivity index (χ2v) is 6.96. The molecule has 3 unspecified atom stereocenters. The SMILES string of the molecule is Cc1ccc(C(=O)NCC2CC3CCC2C3)cc1Br. The van der Waals surface area contributed by atoms with Crippen molar-refractivity contribution >= 4 is 21.8 Å². The molecule has 102 valence electrons. The van der Waals surface area contributed by atoms with Gasteiger partial charge in [0.2, 0.25) is 0 Å². The molecule has 0 aliphatic heterocycles. The van der Waals surface area contributed by atoms with E-state index < -0.39 is 0 Å². The van der Waals surface area contributed by atoms with Crippen LogP contribution in [0.2, 0.25) is 0 Å². The average molecular weight is 322 g/mol. The van der Waals surface area contributed by atoms with Crippen LogP contribution in [0.1, 0.15) is 41.6 Å². The fourth-order valence-electron chi connectivity index (χ4n) is 3.69. The topological polar surface area (TPSA) is 29.1 Å². The molecule has 2 nitrogen and oxygen atoms in total. The number of amides is 1. The summed E-state index contributed by atoms with van der Waals surface area (Å²) in [6, 6.07) is 5.79. The fraction of sp³-hybridized carbons (Fsp3) is 0.562. The first-order valence-electron chi connectivity index (χ1n) is 7.18. The van der Waals surface area contributed by atoms with Gasteiger partial charge >= 0.3 is 0 Å². The molecule has 3 rings (SSSR count). The van der Waals surface area contributed by atoms with Gasteiger partial charge in [-0.15, -0.1) is 0 Å². The predicted molar refractivity (Wildman–Crippen MR) is 80.2 cm³/mol. The number of hydrogen-bond donors (Lipinski definition) is 1. The molecule has 0 spiro atoms. The van der Waals surface area contributed by atoms with E-state index in [9.17, 15) is 4.79 Å². The fourth-order valence-corrected chi connectivity index (χ4v) is 4.07. The number of nitrogens with one attached hydrogen (secondary N) is 1. The minimum absolute atomic E-state index is 0.0588. The van der Waals surface area contributed by atoms with Crippen LogP contribution in [-0.4, -0.2) is 12.5 Å². The van der Waals surface area contributed by atoms with E-state index in [-0.39, 0.29) is 5.91 Å². The van der Waals surface area contributed by atoms with Gasteiger partial charge in [-0.1, -0.05) is 28.4 Å². The lowest BCUT2D eigenvalue weighted by molar-refractivity contribution is 0.0941. The Kier molecular flexibility index (Phi) is 3.66. The summed E-state index contributed by atoms with van der Waals surface area (Å²) in [5.41, 5.74) is 1.91. The summed E-state index contributed by atoms with van der Waals surface area (Å²) in [6.45, 7) is 2.88. The zero-order valence-electron chi connectivity index (χ0n) is 11.3. The van der Waals surface area contributed by atoms with Crippen LogP contribution < -0.4 is 5.32 Å². The van der Waals surface area contributed by atoms with Gasteiger partial charge in [0.25, 0.3) is 5.91 Å². The summed E-state index contributed by atoms with van der Waals surface area (Å²) in [6.07, 6.45) is 5.51. The van der Waals surface area contributed by atoms with E-state index >= 15 is 0 Å². The minimum Gasteiger partial charge on any atom is -0.352 e. The maximum atomic E-state index is 12.1. The second-order valence-electron chi connectivity index (χ2n) is 6.11. The number of carbonyl (C=O) groups excluding carboxylic acids is 1. The minimum atomic E-state index is 0.0588. The van der Waals surface area contributed by atoms with E-state index in [0.717, 1.165) is 39.9 Å². The van der Waals surface area contributed by atoms with Gasteiger partial charge in [0.1, 0.15) is 0 Å². The number of benzene rings is 1. The third-order valence-electron chi connectivity index (χ3n) is 4.84. The average Bonchev–Trinajstić information content (AvgIpc) is 3.01. The quantitative estimate of drug-likeness (QED) is 0.898. The maximum absolute atomic E-state index is 12.1. The molecule has 1 N–H and O–H groups in total. The molecule has 3 heteroatoms. The highest BCUT2D eigenvalue weighted by Gasteiger charge is 2.39. The lowest BCUT2D eigenvalue weighted by Crippen LogP contribution is -2.31. The molecule has 2 fully saturated rings. The van der Waals surface area contributed by atoms with Crippen LogP contribution in [0.4, 0.5) is 0 Å². The van der Waals surface area contributed by atoms with Crippen molar-refractivity contribution < 1.29 is 4.79 Å². The van der Waals surface area contributed by atoms with Crippen LogP contribution in [0.5, 0.6) is 0 Å². The summed E-state index contributed by atoms with van der Waals surface area (Å²) in [7, 11) is 0. The monoisotopic (exact) mass is 321 g/mol. The van der Waals surface area contributed by atoms with Crippen LogP contribution in [0.15, 0.2) is 22.7 Å². The second kappa shape index (κ2) is 5.28. The van der Waals surface area contributed by atoms with Crippen molar-refractivity contribution in [1.29, 1.82) is 0 Å². The molecule has 0 heterocycles. The number of hydrogen-bond acceptors (Lipinski definition) is 1. The van der Waals surface area contributed by atoms with Crippen molar-refractivity contribution in [3.05, 3.63) is 33.8 Å². The highest BCUT2D eigenvalue weighted by Crippen LogP contribution is 2.47. The molecule has 0 saturated heterocycles. The first-order valence-corrected chi connectivity index (χ1v) is 7.97. The van der Waals surface area contributed by atoms with Gasteiger partial charge in [0.05, 0.1) is 0 Å². The van der Waals surface area contributed by atoms with E-state index in [4.69, 9.17) is 0 Å². The summed E-state index contributed by atoms with van der Waals surface area (Å²) >= 11 is 3.48. The standard InChI is InChI=1S/C16H20BrNO/c1-10-2-4-13(8-15(10)17)16(19)18-9-14-7-11-3-5-12(14)6-11/h2,4,8,11-12,14H,3,5-7,9H2,1H3,(H,18,19). The van der Waals surface area contributed by atoms with Gasteiger partial charge in [0, 0.05) is 16.6 Å². The van der Waals surface area contributed by atoms with Gasteiger partial charge in [-0.3, -0.25) is 4.79 Å². The zero-order valence-corrected chi connectivity index (χ0v) is 12.9. The van der Waals surface area contributed by atoms with Crippen molar-refractivity contribution in [2.24, 2.45) is 17.8 Å². The van der Waals surface area contributed by atoms with Gasteiger partial charge in [-0.05, 0) is 61.6 Å². The zero-order chi connectivity index (χ0) is 13.4. The van der Waals surface area contributed by atoms with E-state index in [2.05, 4.69) is 21.2 Å². The van der Waals surface area contributed by atoms with Crippen LogP contribution in [0.3, 0.4) is 0 Å². The molecular formula is C16H20BrNO. The third kappa shape index (κ3) is 2.71. The molecular weight excluding hydrogens is 302 g/mol. The molecule has 1 aromatic carbocycles. The lowest BCUT2D eigenvalue weighted by Gasteiger charge is -2.21. The van der Waals surface area contributed by atoms with Crippen molar-refractivity contribution in [1.82, 2.24) is 5.32 Å². The van der Waals surface area contributed by atoms with E-state index in [0.29, 0.717) is 0 Å². The number of rotatable bonds is 3. The van der Waals surface area contributed by atoms with Crippen molar-refractivity contribution in [3.63, 3.8) is 0 Å². The molecule has 1 aromatic rings. The molecule has 19 heavy (non-hydrogen) atoms. The van der Waals surface area contributed by atoms with Crippen molar-refractivity contribution in [2.45, 2.75) is 32.6 Å². The molecule has 3 atom stereocenters. The largest absolute Gasteiger partial charge is 0.352 e. The molecule has 0 radical (unpaired) electrons. The first kappa shape index (κ1) is 13.2. The van der Waals surface area contributed by atoms with E-state index in [1.54, 1.807) is 0 Å². The van der Waals surface area contributed by atoms with Crippen molar-refractivity contribution in [3.8, 4) is 0 Å². The first-order chi connectivity index (χ1) is 9.13. The highest BCUT2D eigenvalue weighted by atomic mass is 79.9. The maximum Gasteiger partial charge on any atom is 0.251 e. The van der Waals surface area contributed by atoms with Gasteiger partial charge in [-0.25, -0.2) is 0 Å². The Labute approximate surface area is 123 Å². The smallest absolute Gasteiger partial charge is 0.251 e. The Balaban J connectivity index is 1.57. The molecule has 2 aliphatic carbocycles. The number of aryl methyl sites for hydroxylation is 1. The molecule has 1 amide bonds. The summed E-state index contributed by atoms with van der Waals surface area (Å²) in [5, 5.41) is 3.11. The third-order valence-corrected chi connectivity index (χ3v) is 5.70. The number of fused-ring (bicyclic) bond motifs is 2. The molecule has 2 bridgehead atoms. The Bertz CT molecular complexity index is 500. The van der Waals surface area contributed by atoms with Crippen molar-refractivity contribution in [2.75, 3.05) is 6.54 Å². The normalized spacial score (nSPS) is 28.6. The Morgan fingerprint density at radius 2 is 2.21 bits per heavy atom. The summed E-state index contributed by atoms with van der Waals surface area (Å²) < 4.78 is 1.00. The van der Waals surface area contributed by atoms with Crippen LogP contribution in [0, 0.1) is 24.7 Å². The van der Waals surface area contributed by atoms with E-state index in [1.807, 2.05) is 25.1 Å². The molecule has 0 aromatic heterocycles. The predicted octanol–water partition coefficient (Wildman–Crippen LogP) is 3.92. The van der Waals surface area contributed by atoms with Crippen LogP contribution >= 0.6 is 15.9 Å². The summed E-state index contributed by atoms with van der Waals surface area (Å²) in [5.74, 6) is 2.59. The van der Waals surface area contributed by atoms with Crippen LogP contribution in [-0.2, 0) is 0 Å². The summed E-state index contributed by atoms with van der Waals surface area (Å²) in [4.78, 5) is 12.1.